The lowest BCUT2D eigenvalue weighted by atomic mass is 9.71. The van der Waals surface area contributed by atoms with E-state index < -0.39 is 16.0 Å². The predicted octanol–water partition coefficient (Wildman–Crippen LogP) is 6.54. The molecule has 0 atom stereocenters. The van der Waals surface area contributed by atoms with E-state index in [1.165, 1.54) is 24.3 Å². The Morgan fingerprint density at radius 3 is 2.08 bits per heavy atom. The van der Waals surface area contributed by atoms with E-state index in [0.29, 0.717) is 39.1 Å². The zero-order valence-corrected chi connectivity index (χ0v) is 25.5. The standard InChI is InChI=1S/C29H29ClINO6S/c1-3-32-21-7-5-9-23(33)27(21)26(28-22(32)8-6-10-24(28)34)17-15-20(31)29(25(16-17)37-4-2)38-39(35,36)19-13-11-18(30)12-14-19/h11-16,26H,3-10H2,1-2H3. The van der Waals surface area contributed by atoms with Crippen molar-refractivity contribution in [3.8, 4) is 11.5 Å². The number of carbonyl (C=O) groups is 2. The van der Waals surface area contributed by atoms with E-state index in [1.807, 2.05) is 22.6 Å². The van der Waals surface area contributed by atoms with Crippen molar-refractivity contribution in [2.75, 3.05) is 13.2 Å². The number of hydrogen-bond acceptors (Lipinski definition) is 7. The number of benzene rings is 2. The van der Waals surface area contributed by atoms with Crippen LogP contribution in [0.25, 0.3) is 0 Å². The molecule has 2 aliphatic carbocycles. The van der Waals surface area contributed by atoms with E-state index in [9.17, 15) is 18.0 Å². The second kappa shape index (κ2) is 11.2. The molecule has 3 aliphatic rings. The molecule has 10 heteroatoms. The van der Waals surface area contributed by atoms with E-state index in [-0.39, 0.29) is 34.6 Å². The van der Waals surface area contributed by atoms with Gasteiger partial charge in [-0.3, -0.25) is 9.59 Å². The fraction of sp³-hybridized carbons (Fsp3) is 0.379. The Morgan fingerprint density at radius 2 is 1.54 bits per heavy atom. The number of ketones is 2. The van der Waals surface area contributed by atoms with Crippen LogP contribution in [0.3, 0.4) is 0 Å². The highest BCUT2D eigenvalue weighted by molar-refractivity contribution is 14.1. The number of rotatable bonds is 7. The first kappa shape index (κ1) is 28.2. The van der Waals surface area contributed by atoms with Crippen molar-refractivity contribution in [2.24, 2.45) is 0 Å². The third-order valence-corrected chi connectivity index (χ3v) is 9.65. The molecule has 7 nitrogen and oxygen atoms in total. The van der Waals surface area contributed by atoms with Crippen LogP contribution >= 0.6 is 34.2 Å². The average molecular weight is 682 g/mol. The summed E-state index contributed by atoms with van der Waals surface area (Å²) < 4.78 is 38.2. The molecule has 0 saturated carbocycles. The molecule has 0 bridgehead atoms. The van der Waals surface area contributed by atoms with Crippen LogP contribution < -0.4 is 8.92 Å². The van der Waals surface area contributed by atoms with Crippen LogP contribution in [0.5, 0.6) is 11.5 Å². The van der Waals surface area contributed by atoms with Gasteiger partial charge < -0.3 is 13.8 Å². The second-order valence-electron chi connectivity index (χ2n) is 9.71. The quantitative estimate of drug-likeness (QED) is 0.242. The maximum absolute atomic E-state index is 13.4. The van der Waals surface area contributed by atoms with Crippen LogP contribution in [0, 0.1) is 3.57 Å². The van der Waals surface area contributed by atoms with Crippen LogP contribution in [0.1, 0.15) is 63.9 Å². The molecule has 1 heterocycles. The van der Waals surface area contributed by atoms with E-state index in [2.05, 4.69) is 11.8 Å². The molecule has 5 rings (SSSR count). The maximum Gasteiger partial charge on any atom is 0.339 e. The smallest absolute Gasteiger partial charge is 0.339 e. The normalized spacial score (nSPS) is 18.3. The number of hydrogen-bond donors (Lipinski definition) is 0. The third kappa shape index (κ3) is 5.25. The summed E-state index contributed by atoms with van der Waals surface area (Å²) >= 11 is 7.95. The maximum atomic E-state index is 13.4. The van der Waals surface area contributed by atoms with Crippen molar-refractivity contribution in [1.29, 1.82) is 0 Å². The molecule has 0 amide bonds. The number of halogens is 2. The van der Waals surface area contributed by atoms with E-state index in [0.717, 1.165) is 42.6 Å². The number of nitrogens with zero attached hydrogens (tertiary/aromatic N) is 1. The zero-order valence-electron chi connectivity index (χ0n) is 21.8. The van der Waals surface area contributed by atoms with E-state index in [4.69, 9.17) is 20.5 Å². The van der Waals surface area contributed by atoms with Crippen LogP contribution in [-0.2, 0) is 19.7 Å². The average Bonchev–Trinajstić information content (AvgIpc) is 2.90. The minimum absolute atomic E-state index is 0.0358. The highest BCUT2D eigenvalue weighted by atomic mass is 127. The van der Waals surface area contributed by atoms with Crippen LogP contribution in [-0.4, -0.2) is 38.0 Å². The number of carbonyl (C=O) groups excluding carboxylic acids is 2. The van der Waals surface area contributed by atoms with Crippen LogP contribution in [0.15, 0.2) is 63.8 Å². The first-order valence-electron chi connectivity index (χ1n) is 13.1. The lowest BCUT2D eigenvalue weighted by molar-refractivity contribution is -0.117. The van der Waals surface area contributed by atoms with Gasteiger partial charge in [-0.05, 0) is 104 Å². The van der Waals surface area contributed by atoms with Crippen LogP contribution in [0.2, 0.25) is 5.02 Å². The van der Waals surface area contributed by atoms with Crippen molar-refractivity contribution < 1.29 is 26.9 Å². The predicted molar refractivity (Wildman–Crippen MR) is 156 cm³/mol. The fourth-order valence-electron chi connectivity index (χ4n) is 5.79. The molecule has 0 spiro atoms. The van der Waals surface area contributed by atoms with Gasteiger partial charge in [0.2, 0.25) is 0 Å². The minimum atomic E-state index is -4.17. The third-order valence-electron chi connectivity index (χ3n) is 7.36. The Bertz CT molecular complexity index is 1470. The highest BCUT2D eigenvalue weighted by Crippen LogP contribution is 2.50. The zero-order chi connectivity index (χ0) is 27.9. The first-order chi connectivity index (χ1) is 18.7. The fourth-order valence-corrected chi connectivity index (χ4v) is 7.76. The number of Topliss-reactive ketones (excluding diaryl/α,β-unsaturated/α-hetero) is 2. The van der Waals surface area contributed by atoms with Gasteiger partial charge in [-0.1, -0.05) is 11.6 Å². The number of allylic oxidation sites excluding steroid dienone is 4. The topological polar surface area (TPSA) is 90.0 Å². The Morgan fingerprint density at radius 1 is 0.949 bits per heavy atom. The van der Waals surface area contributed by atoms with Crippen molar-refractivity contribution in [3.63, 3.8) is 0 Å². The van der Waals surface area contributed by atoms with Crippen molar-refractivity contribution in [1.82, 2.24) is 4.90 Å². The summed E-state index contributed by atoms with van der Waals surface area (Å²) in [5, 5.41) is 0.411. The van der Waals surface area contributed by atoms with Gasteiger partial charge in [0, 0.05) is 52.9 Å². The lowest BCUT2D eigenvalue weighted by Gasteiger charge is -2.43. The van der Waals surface area contributed by atoms with Crippen molar-refractivity contribution in [2.45, 2.75) is 63.2 Å². The summed E-state index contributed by atoms with van der Waals surface area (Å²) in [7, 11) is -4.17. The summed E-state index contributed by atoms with van der Waals surface area (Å²) in [5.41, 5.74) is 4.09. The van der Waals surface area contributed by atoms with Gasteiger partial charge in [0.1, 0.15) is 4.90 Å². The molecular formula is C29H29ClINO6S. The molecule has 0 radical (unpaired) electrons. The molecule has 0 N–H and O–H groups in total. The van der Waals surface area contributed by atoms with Gasteiger partial charge in [0.15, 0.2) is 23.1 Å². The molecule has 0 aromatic heterocycles. The summed E-state index contributed by atoms with van der Waals surface area (Å²) in [6, 6.07) is 9.26. The van der Waals surface area contributed by atoms with Gasteiger partial charge in [-0.2, -0.15) is 8.42 Å². The Hall–Kier alpha value is -2.37. The van der Waals surface area contributed by atoms with Gasteiger partial charge in [-0.25, -0.2) is 0 Å². The van der Waals surface area contributed by atoms with Gasteiger partial charge in [0.25, 0.3) is 0 Å². The largest absolute Gasteiger partial charge is 0.490 e. The molecular weight excluding hydrogens is 653 g/mol. The molecule has 0 saturated heterocycles. The Balaban J connectivity index is 1.65. The molecule has 2 aromatic rings. The molecule has 206 valence electrons. The molecule has 0 fully saturated rings. The van der Waals surface area contributed by atoms with Gasteiger partial charge >= 0.3 is 10.1 Å². The first-order valence-corrected chi connectivity index (χ1v) is 16.0. The SMILES string of the molecule is CCOc1cc(C2C3=C(CCCC3=O)N(CC)C3=C2C(=O)CCC3)cc(I)c1OS(=O)(=O)c1ccc(Cl)cc1. The Kier molecular flexibility index (Phi) is 8.13. The van der Waals surface area contributed by atoms with E-state index in [1.54, 1.807) is 19.1 Å². The lowest BCUT2D eigenvalue weighted by Crippen LogP contribution is -2.39. The summed E-state index contributed by atoms with van der Waals surface area (Å²) in [6.45, 7) is 4.82. The van der Waals surface area contributed by atoms with Gasteiger partial charge in [0.05, 0.1) is 10.2 Å². The summed E-state index contributed by atoms with van der Waals surface area (Å²) in [5.74, 6) is -0.0966. The van der Waals surface area contributed by atoms with Crippen LogP contribution in [0.4, 0.5) is 0 Å². The molecule has 39 heavy (non-hydrogen) atoms. The van der Waals surface area contributed by atoms with Gasteiger partial charge in [-0.15, -0.1) is 0 Å². The second-order valence-corrected chi connectivity index (χ2v) is 12.9. The van der Waals surface area contributed by atoms with Crippen molar-refractivity contribution >= 4 is 55.9 Å². The summed E-state index contributed by atoms with van der Waals surface area (Å²) in [4.78, 5) is 29.0. The number of ether oxygens (including phenoxy) is 1. The van der Waals surface area contributed by atoms with Crippen molar-refractivity contribution in [3.05, 3.63) is 73.1 Å². The summed E-state index contributed by atoms with van der Waals surface area (Å²) in [6.07, 6.45) is 4.03. The molecule has 1 aliphatic heterocycles. The Labute approximate surface area is 247 Å². The molecule has 0 unspecified atom stereocenters. The minimum Gasteiger partial charge on any atom is -0.490 e. The highest BCUT2D eigenvalue weighted by Gasteiger charge is 2.43. The monoisotopic (exact) mass is 681 g/mol. The van der Waals surface area contributed by atoms with E-state index >= 15 is 0 Å². The molecule has 2 aromatic carbocycles.